The highest BCUT2D eigenvalue weighted by atomic mass is 32.2. The molecule has 1 amide bonds. The van der Waals surface area contributed by atoms with Crippen LogP contribution >= 0.6 is 11.8 Å². The molecule has 2 aromatic rings. The number of nitrogen functional groups attached to an aromatic ring is 1. The van der Waals surface area contributed by atoms with Gasteiger partial charge >= 0.3 is 0 Å². The Bertz CT molecular complexity index is 629. The molecule has 0 atom stereocenters. The second-order valence-electron chi connectivity index (χ2n) is 4.72. The number of carbonyl (C=O) groups excluding carboxylic acids is 1. The molecule has 118 valence electrons. The molecule has 0 unspecified atom stereocenters. The summed E-state index contributed by atoms with van der Waals surface area (Å²) in [5, 5.41) is 11.2. The van der Waals surface area contributed by atoms with E-state index in [-0.39, 0.29) is 17.5 Å². The maximum atomic E-state index is 12.8. The van der Waals surface area contributed by atoms with E-state index in [2.05, 4.69) is 22.4 Å². The molecule has 0 bridgehead atoms. The number of aromatic nitrogens is 3. The highest BCUT2D eigenvalue weighted by Gasteiger charge is 2.12. The van der Waals surface area contributed by atoms with Crippen LogP contribution in [0.2, 0.25) is 0 Å². The monoisotopic (exact) mass is 323 g/mol. The van der Waals surface area contributed by atoms with Gasteiger partial charge in [-0.05, 0) is 30.7 Å². The lowest BCUT2D eigenvalue weighted by Crippen LogP contribution is -2.17. The zero-order valence-electron chi connectivity index (χ0n) is 12.3. The van der Waals surface area contributed by atoms with Crippen LogP contribution in [0.15, 0.2) is 29.4 Å². The van der Waals surface area contributed by atoms with Crippen LogP contribution in [0.25, 0.3) is 0 Å². The minimum atomic E-state index is -0.344. The van der Waals surface area contributed by atoms with Crippen molar-refractivity contribution in [1.82, 2.24) is 14.9 Å². The van der Waals surface area contributed by atoms with E-state index in [1.54, 1.807) is 0 Å². The summed E-state index contributed by atoms with van der Waals surface area (Å²) in [6.07, 6.45) is 2.81. The molecule has 0 aliphatic carbocycles. The van der Waals surface area contributed by atoms with Crippen molar-refractivity contribution in [3.8, 4) is 0 Å². The van der Waals surface area contributed by atoms with E-state index in [1.165, 1.54) is 40.7 Å². The van der Waals surface area contributed by atoms with Gasteiger partial charge in [0, 0.05) is 12.1 Å². The molecule has 0 saturated heterocycles. The summed E-state index contributed by atoms with van der Waals surface area (Å²) in [6.45, 7) is 2.09. The van der Waals surface area contributed by atoms with E-state index in [9.17, 15) is 9.18 Å². The van der Waals surface area contributed by atoms with E-state index in [4.69, 9.17) is 5.84 Å². The molecule has 1 heterocycles. The number of aryl methyl sites for hydroxylation is 1. The number of anilines is 1. The maximum Gasteiger partial charge on any atom is 0.234 e. The fraction of sp³-hybridized carbons (Fsp3) is 0.357. The van der Waals surface area contributed by atoms with Crippen molar-refractivity contribution in [2.75, 3.05) is 16.9 Å². The number of halogens is 1. The number of benzene rings is 1. The third kappa shape index (κ3) is 4.45. The van der Waals surface area contributed by atoms with Gasteiger partial charge in [-0.2, -0.15) is 0 Å². The van der Waals surface area contributed by atoms with Crippen molar-refractivity contribution in [1.29, 1.82) is 0 Å². The first-order chi connectivity index (χ1) is 10.6. The smallest absolute Gasteiger partial charge is 0.234 e. The molecule has 3 N–H and O–H groups in total. The average molecular weight is 323 g/mol. The predicted molar refractivity (Wildman–Crippen MR) is 84.5 cm³/mol. The highest BCUT2D eigenvalue weighted by molar-refractivity contribution is 7.99. The van der Waals surface area contributed by atoms with Crippen molar-refractivity contribution < 1.29 is 9.18 Å². The molecule has 0 aliphatic heterocycles. The number of unbranched alkanes of at least 4 members (excludes halogenated alkanes) is 1. The fourth-order valence-electron chi connectivity index (χ4n) is 1.77. The molecule has 0 spiro atoms. The first-order valence-corrected chi connectivity index (χ1v) is 7.96. The summed E-state index contributed by atoms with van der Waals surface area (Å²) >= 11 is 1.21. The molecule has 1 aromatic carbocycles. The standard InChI is InChI=1S/C14H18FN5OS/c1-2-3-4-12-18-19-14(20(12)16)22-9-13(21)17-11-7-5-10(15)6-8-11/h5-8H,2-4,9,16H2,1H3,(H,17,21). The zero-order chi connectivity index (χ0) is 15.9. The van der Waals surface area contributed by atoms with Crippen LogP contribution in [0.1, 0.15) is 25.6 Å². The van der Waals surface area contributed by atoms with Gasteiger partial charge in [-0.3, -0.25) is 4.79 Å². The summed E-state index contributed by atoms with van der Waals surface area (Å²) < 4.78 is 14.2. The third-order valence-corrected chi connectivity index (χ3v) is 3.89. The van der Waals surface area contributed by atoms with Crippen LogP contribution in [0.4, 0.5) is 10.1 Å². The lowest BCUT2D eigenvalue weighted by molar-refractivity contribution is -0.113. The summed E-state index contributed by atoms with van der Waals surface area (Å²) in [5.41, 5.74) is 0.546. The van der Waals surface area contributed by atoms with Crippen LogP contribution in [0.3, 0.4) is 0 Å². The first kappa shape index (κ1) is 16.3. The average Bonchev–Trinajstić information content (AvgIpc) is 2.86. The summed E-state index contributed by atoms with van der Waals surface area (Å²) in [6, 6.07) is 5.59. The maximum absolute atomic E-state index is 12.8. The molecule has 0 saturated carbocycles. The van der Waals surface area contributed by atoms with Crippen LogP contribution in [0.5, 0.6) is 0 Å². The van der Waals surface area contributed by atoms with E-state index < -0.39 is 0 Å². The van der Waals surface area contributed by atoms with Gasteiger partial charge in [-0.25, -0.2) is 9.07 Å². The first-order valence-electron chi connectivity index (χ1n) is 6.97. The Kier molecular flexibility index (Phi) is 5.76. The van der Waals surface area contributed by atoms with Crippen molar-refractivity contribution in [2.24, 2.45) is 0 Å². The molecule has 6 nitrogen and oxygen atoms in total. The molecule has 0 aliphatic rings. The van der Waals surface area contributed by atoms with Crippen molar-refractivity contribution >= 4 is 23.4 Å². The third-order valence-electron chi connectivity index (χ3n) is 2.95. The van der Waals surface area contributed by atoms with Crippen LogP contribution in [-0.2, 0) is 11.2 Å². The summed E-state index contributed by atoms with van der Waals surface area (Å²) in [7, 11) is 0. The zero-order valence-corrected chi connectivity index (χ0v) is 13.1. The van der Waals surface area contributed by atoms with Gasteiger partial charge in [0.2, 0.25) is 11.1 Å². The number of carbonyl (C=O) groups is 1. The van der Waals surface area contributed by atoms with Crippen LogP contribution in [-0.4, -0.2) is 26.5 Å². The van der Waals surface area contributed by atoms with Gasteiger partial charge in [-0.1, -0.05) is 25.1 Å². The summed E-state index contributed by atoms with van der Waals surface area (Å²) in [4.78, 5) is 11.8. The van der Waals surface area contributed by atoms with Gasteiger partial charge in [0.1, 0.15) is 5.82 Å². The van der Waals surface area contributed by atoms with Crippen molar-refractivity contribution in [2.45, 2.75) is 31.3 Å². The Morgan fingerprint density at radius 2 is 2.09 bits per heavy atom. The summed E-state index contributed by atoms with van der Waals surface area (Å²) in [5.74, 6) is 6.20. The van der Waals surface area contributed by atoms with Crippen molar-refractivity contribution in [3.63, 3.8) is 0 Å². The topological polar surface area (TPSA) is 85.8 Å². The number of nitrogens with zero attached hydrogens (tertiary/aromatic N) is 3. The fourth-order valence-corrected chi connectivity index (χ4v) is 2.45. The van der Waals surface area contributed by atoms with Crippen LogP contribution < -0.4 is 11.2 Å². The van der Waals surface area contributed by atoms with E-state index in [0.717, 1.165) is 19.3 Å². The van der Waals surface area contributed by atoms with Gasteiger partial charge in [-0.15, -0.1) is 10.2 Å². The second-order valence-corrected chi connectivity index (χ2v) is 5.66. The Labute approximate surface area is 132 Å². The molecule has 2 rings (SSSR count). The number of hydrogen-bond donors (Lipinski definition) is 2. The van der Waals surface area contributed by atoms with Gasteiger partial charge in [0.05, 0.1) is 5.75 Å². The van der Waals surface area contributed by atoms with E-state index >= 15 is 0 Å². The van der Waals surface area contributed by atoms with Gasteiger partial charge < -0.3 is 11.2 Å². The number of rotatable bonds is 7. The quantitative estimate of drug-likeness (QED) is 0.603. The molecule has 8 heteroatoms. The lowest BCUT2D eigenvalue weighted by Gasteiger charge is -2.05. The largest absolute Gasteiger partial charge is 0.336 e. The molecule has 0 radical (unpaired) electrons. The molecular formula is C14H18FN5OS. The molecule has 22 heavy (non-hydrogen) atoms. The number of amides is 1. The molecule has 1 aromatic heterocycles. The second kappa shape index (κ2) is 7.79. The van der Waals surface area contributed by atoms with Crippen molar-refractivity contribution in [3.05, 3.63) is 35.9 Å². The predicted octanol–water partition coefficient (Wildman–Crippen LogP) is 2.20. The minimum Gasteiger partial charge on any atom is -0.336 e. The van der Waals surface area contributed by atoms with Gasteiger partial charge in [0.25, 0.3) is 0 Å². The van der Waals surface area contributed by atoms with Crippen LogP contribution in [0, 0.1) is 5.82 Å². The van der Waals surface area contributed by atoms with Gasteiger partial charge in [0.15, 0.2) is 5.82 Å². The SMILES string of the molecule is CCCCc1nnc(SCC(=O)Nc2ccc(F)cc2)n1N. The Morgan fingerprint density at radius 1 is 1.36 bits per heavy atom. The van der Waals surface area contributed by atoms with E-state index in [0.29, 0.717) is 16.7 Å². The number of nitrogens with two attached hydrogens (primary N) is 1. The number of nitrogens with one attached hydrogen (secondary N) is 1. The molecular weight excluding hydrogens is 305 g/mol. The lowest BCUT2D eigenvalue weighted by atomic mass is 10.2. The van der Waals surface area contributed by atoms with E-state index in [1.807, 2.05) is 0 Å². The normalized spacial score (nSPS) is 10.6. The minimum absolute atomic E-state index is 0.153. The molecule has 0 fully saturated rings. The Balaban J connectivity index is 1.85. The number of hydrogen-bond acceptors (Lipinski definition) is 5. The Morgan fingerprint density at radius 3 is 2.77 bits per heavy atom. The Hall–Kier alpha value is -2.09. The number of thioether (sulfide) groups is 1. The highest BCUT2D eigenvalue weighted by Crippen LogP contribution is 2.16.